The lowest BCUT2D eigenvalue weighted by molar-refractivity contribution is -0.118. The lowest BCUT2D eigenvalue weighted by atomic mass is 10.2. The van der Waals surface area contributed by atoms with Gasteiger partial charge in [-0.15, -0.1) is 0 Å². The van der Waals surface area contributed by atoms with Crippen LogP contribution in [-0.2, 0) is 11.3 Å². The van der Waals surface area contributed by atoms with Crippen LogP contribution in [0.5, 0.6) is 5.75 Å². The Hall–Kier alpha value is -2.86. The van der Waals surface area contributed by atoms with E-state index < -0.39 is 0 Å². The van der Waals surface area contributed by atoms with Crippen LogP contribution in [-0.4, -0.2) is 22.3 Å². The van der Waals surface area contributed by atoms with E-state index in [0.717, 1.165) is 16.8 Å². The van der Waals surface area contributed by atoms with Crippen molar-refractivity contribution < 1.29 is 13.9 Å². The molecule has 0 radical (unpaired) electrons. The predicted octanol–water partition coefficient (Wildman–Crippen LogP) is 4.36. The molecule has 2 aromatic carbocycles. The molecular weight excluding hydrogens is 369 g/mol. The number of aryl methyl sites for hydroxylation is 2. The smallest absolute Gasteiger partial charge is 0.263 e. The van der Waals surface area contributed by atoms with Crippen molar-refractivity contribution in [3.63, 3.8) is 0 Å². The number of amides is 1. The summed E-state index contributed by atoms with van der Waals surface area (Å²) in [7, 11) is 0. The van der Waals surface area contributed by atoms with Crippen molar-refractivity contribution in [1.29, 1.82) is 0 Å². The lowest BCUT2D eigenvalue weighted by Gasteiger charge is -2.08. The minimum Gasteiger partial charge on any atom is -0.483 e. The Labute approximate surface area is 161 Å². The van der Waals surface area contributed by atoms with Crippen LogP contribution in [0.4, 0.5) is 10.2 Å². The largest absolute Gasteiger partial charge is 0.483 e. The number of rotatable bonds is 6. The molecule has 1 amide bonds. The number of para-hydroxylation sites is 1. The Bertz CT molecular complexity index is 972. The van der Waals surface area contributed by atoms with E-state index in [1.54, 1.807) is 16.8 Å². The Balaban J connectivity index is 1.62. The minimum atomic E-state index is -0.387. The number of carbonyl (C=O) groups excluding carboxylic acids is 1. The SMILES string of the molecule is Cc1ccccc1OCC(=O)Nc1cc(C)n(Cc2ccc(F)cc2Cl)n1. The molecular formula is C20H19ClFN3O2. The van der Waals surface area contributed by atoms with Crippen molar-refractivity contribution in [1.82, 2.24) is 9.78 Å². The zero-order valence-electron chi connectivity index (χ0n) is 15.0. The molecule has 7 heteroatoms. The van der Waals surface area contributed by atoms with Gasteiger partial charge in [-0.1, -0.05) is 35.9 Å². The van der Waals surface area contributed by atoms with Gasteiger partial charge in [0.25, 0.3) is 5.91 Å². The first-order valence-electron chi connectivity index (χ1n) is 8.39. The summed E-state index contributed by atoms with van der Waals surface area (Å²) in [6, 6.07) is 13.5. The van der Waals surface area contributed by atoms with E-state index in [2.05, 4.69) is 10.4 Å². The average molecular weight is 388 g/mol. The van der Waals surface area contributed by atoms with Crippen molar-refractivity contribution in [2.45, 2.75) is 20.4 Å². The Morgan fingerprint density at radius 1 is 1.22 bits per heavy atom. The average Bonchev–Trinajstić information content (AvgIpc) is 2.95. The number of halogens is 2. The third-order valence-electron chi connectivity index (χ3n) is 4.04. The van der Waals surface area contributed by atoms with Crippen molar-refractivity contribution in [3.8, 4) is 5.75 Å². The highest BCUT2D eigenvalue weighted by molar-refractivity contribution is 6.31. The van der Waals surface area contributed by atoms with Crippen LogP contribution in [0.3, 0.4) is 0 Å². The molecule has 0 aliphatic carbocycles. The number of carbonyl (C=O) groups is 1. The van der Waals surface area contributed by atoms with Crippen LogP contribution in [0.15, 0.2) is 48.5 Å². The maximum Gasteiger partial charge on any atom is 0.263 e. The zero-order valence-corrected chi connectivity index (χ0v) is 15.8. The van der Waals surface area contributed by atoms with E-state index in [0.29, 0.717) is 23.1 Å². The van der Waals surface area contributed by atoms with E-state index in [-0.39, 0.29) is 18.3 Å². The van der Waals surface area contributed by atoms with Gasteiger partial charge in [-0.05, 0) is 43.2 Å². The molecule has 140 valence electrons. The summed E-state index contributed by atoms with van der Waals surface area (Å²) in [6.45, 7) is 4.05. The van der Waals surface area contributed by atoms with Crippen LogP contribution in [0.2, 0.25) is 5.02 Å². The Morgan fingerprint density at radius 3 is 2.74 bits per heavy atom. The molecule has 0 saturated heterocycles. The number of aromatic nitrogens is 2. The van der Waals surface area contributed by atoms with Gasteiger partial charge in [-0.25, -0.2) is 4.39 Å². The summed E-state index contributed by atoms with van der Waals surface area (Å²) in [5.41, 5.74) is 2.54. The molecule has 0 spiro atoms. The quantitative estimate of drug-likeness (QED) is 0.683. The van der Waals surface area contributed by atoms with Crippen LogP contribution in [0, 0.1) is 19.7 Å². The Morgan fingerprint density at radius 2 is 2.00 bits per heavy atom. The molecule has 0 fully saturated rings. The molecule has 0 saturated carbocycles. The maximum absolute atomic E-state index is 13.2. The van der Waals surface area contributed by atoms with E-state index in [1.807, 2.05) is 38.1 Å². The highest BCUT2D eigenvalue weighted by Crippen LogP contribution is 2.20. The van der Waals surface area contributed by atoms with Crippen LogP contribution in [0.1, 0.15) is 16.8 Å². The molecule has 27 heavy (non-hydrogen) atoms. The van der Waals surface area contributed by atoms with Crippen molar-refractivity contribution in [2.24, 2.45) is 0 Å². The topological polar surface area (TPSA) is 56.1 Å². The third-order valence-corrected chi connectivity index (χ3v) is 4.39. The molecule has 0 unspecified atom stereocenters. The number of ether oxygens (including phenoxy) is 1. The Kier molecular flexibility index (Phi) is 5.76. The van der Waals surface area contributed by atoms with E-state index >= 15 is 0 Å². The molecule has 1 aromatic heterocycles. The molecule has 1 heterocycles. The van der Waals surface area contributed by atoms with Gasteiger partial charge in [-0.2, -0.15) is 5.10 Å². The van der Waals surface area contributed by atoms with Crippen LogP contribution in [0.25, 0.3) is 0 Å². The first kappa shape index (κ1) is 18.9. The first-order chi connectivity index (χ1) is 12.9. The van der Waals surface area contributed by atoms with Gasteiger partial charge in [0, 0.05) is 16.8 Å². The molecule has 5 nitrogen and oxygen atoms in total. The molecule has 0 bridgehead atoms. The van der Waals surface area contributed by atoms with Crippen molar-refractivity contribution in [2.75, 3.05) is 11.9 Å². The van der Waals surface area contributed by atoms with Gasteiger partial charge < -0.3 is 10.1 Å². The van der Waals surface area contributed by atoms with Crippen LogP contribution >= 0.6 is 11.6 Å². The fourth-order valence-corrected chi connectivity index (χ4v) is 2.81. The van der Waals surface area contributed by atoms with Crippen LogP contribution < -0.4 is 10.1 Å². The fraction of sp³-hybridized carbons (Fsp3) is 0.200. The van der Waals surface area contributed by atoms with E-state index in [4.69, 9.17) is 16.3 Å². The molecule has 0 atom stereocenters. The minimum absolute atomic E-state index is 0.111. The number of nitrogens with one attached hydrogen (secondary N) is 1. The van der Waals surface area contributed by atoms with Crippen molar-refractivity contribution in [3.05, 3.63) is 76.2 Å². The van der Waals surface area contributed by atoms with Gasteiger partial charge in [-0.3, -0.25) is 9.48 Å². The lowest BCUT2D eigenvalue weighted by Crippen LogP contribution is -2.20. The second kappa shape index (κ2) is 8.22. The highest BCUT2D eigenvalue weighted by Gasteiger charge is 2.11. The number of benzene rings is 2. The summed E-state index contributed by atoms with van der Waals surface area (Å²) >= 11 is 6.07. The number of hydrogen-bond donors (Lipinski definition) is 1. The number of anilines is 1. The van der Waals surface area contributed by atoms with Gasteiger partial charge in [0.2, 0.25) is 0 Å². The highest BCUT2D eigenvalue weighted by atomic mass is 35.5. The normalized spacial score (nSPS) is 10.7. The fourth-order valence-electron chi connectivity index (χ4n) is 2.58. The van der Waals surface area contributed by atoms with E-state index in [1.165, 1.54) is 12.1 Å². The summed E-state index contributed by atoms with van der Waals surface area (Å²) in [5, 5.41) is 7.41. The maximum atomic E-state index is 13.2. The summed E-state index contributed by atoms with van der Waals surface area (Å²) in [5.74, 6) is 0.398. The van der Waals surface area contributed by atoms with Gasteiger partial charge in [0.1, 0.15) is 11.6 Å². The van der Waals surface area contributed by atoms with Gasteiger partial charge in [0.15, 0.2) is 12.4 Å². The first-order valence-corrected chi connectivity index (χ1v) is 8.77. The molecule has 0 aliphatic rings. The second-order valence-corrected chi connectivity index (χ2v) is 6.57. The van der Waals surface area contributed by atoms with Gasteiger partial charge in [0.05, 0.1) is 6.54 Å². The van der Waals surface area contributed by atoms with E-state index in [9.17, 15) is 9.18 Å². The third kappa shape index (κ3) is 4.86. The predicted molar refractivity (Wildman–Crippen MR) is 103 cm³/mol. The monoisotopic (exact) mass is 387 g/mol. The summed E-state index contributed by atoms with van der Waals surface area (Å²) < 4.78 is 20.4. The molecule has 0 aliphatic heterocycles. The summed E-state index contributed by atoms with van der Waals surface area (Å²) in [4.78, 5) is 12.1. The molecule has 1 N–H and O–H groups in total. The van der Waals surface area contributed by atoms with Crippen molar-refractivity contribution >= 4 is 23.3 Å². The second-order valence-electron chi connectivity index (χ2n) is 6.17. The molecule has 3 rings (SSSR count). The number of nitrogens with zero attached hydrogens (tertiary/aromatic N) is 2. The standard InChI is InChI=1S/C20H19ClFN3O2/c1-13-5-3-4-6-18(13)27-12-20(26)23-19-9-14(2)25(24-19)11-15-7-8-16(22)10-17(15)21/h3-10H,11-12H2,1-2H3,(H,23,24,26). The summed E-state index contributed by atoms with van der Waals surface area (Å²) in [6.07, 6.45) is 0. The number of hydrogen-bond acceptors (Lipinski definition) is 3. The zero-order chi connectivity index (χ0) is 19.4. The molecule has 3 aromatic rings. The van der Waals surface area contributed by atoms with Gasteiger partial charge >= 0.3 is 0 Å².